The molecule has 0 radical (unpaired) electrons. The van der Waals surface area contributed by atoms with Crippen LogP contribution in [0, 0.1) is 6.92 Å². The number of carbonyl (C=O) groups excluding carboxylic acids is 2. The summed E-state index contributed by atoms with van der Waals surface area (Å²) in [5.41, 5.74) is 2.77. The number of methoxy groups -OCH3 is 1. The first-order chi connectivity index (χ1) is 19.0. The monoisotopic (exact) mass is 565 g/mol. The van der Waals surface area contributed by atoms with E-state index >= 15 is 0 Å². The third kappa shape index (κ3) is 8.32. The number of nitrogens with one attached hydrogen (secondary N) is 1. The third-order valence-corrected chi connectivity index (χ3v) is 7.95. The largest absolute Gasteiger partial charge is 0.497 e. The Morgan fingerprint density at radius 3 is 2.23 bits per heavy atom. The lowest BCUT2D eigenvalue weighted by Gasteiger charge is -2.34. The Labute approximate surface area is 238 Å². The van der Waals surface area contributed by atoms with E-state index in [9.17, 15) is 18.0 Å². The summed E-state index contributed by atoms with van der Waals surface area (Å²) in [5.74, 6) is -0.167. The molecule has 0 aliphatic carbocycles. The van der Waals surface area contributed by atoms with E-state index < -0.39 is 28.5 Å². The molecule has 214 valence electrons. The fourth-order valence-corrected chi connectivity index (χ4v) is 5.31. The number of carbonyl (C=O) groups is 2. The molecule has 0 aliphatic heterocycles. The molecule has 9 heteroatoms. The molecular formula is C31H39N3O5S. The minimum absolute atomic E-state index is 0.0901. The Morgan fingerprint density at radius 2 is 1.60 bits per heavy atom. The molecule has 0 aliphatic rings. The summed E-state index contributed by atoms with van der Waals surface area (Å²) in [6, 6.07) is 22.8. The highest BCUT2D eigenvalue weighted by molar-refractivity contribution is 7.92. The summed E-state index contributed by atoms with van der Waals surface area (Å²) in [6.45, 7) is 5.32. The van der Waals surface area contributed by atoms with Crippen molar-refractivity contribution in [1.29, 1.82) is 0 Å². The van der Waals surface area contributed by atoms with E-state index in [0.29, 0.717) is 11.4 Å². The number of ether oxygens (including phenoxy) is 1. The number of rotatable bonds is 13. The Morgan fingerprint density at radius 1 is 0.950 bits per heavy atom. The van der Waals surface area contributed by atoms with Crippen LogP contribution >= 0.6 is 0 Å². The maximum Gasteiger partial charge on any atom is 0.244 e. The smallest absolute Gasteiger partial charge is 0.244 e. The first-order valence-corrected chi connectivity index (χ1v) is 15.2. The minimum Gasteiger partial charge on any atom is -0.497 e. The Hall–Kier alpha value is -3.85. The van der Waals surface area contributed by atoms with E-state index in [-0.39, 0.29) is 24.9 Å². The van der Waals surface area contributed by atoms with Gasteiger partial charge in [0.25, 0.3) is 0 Å². The molecule has 2 amide bonds. The van der Waals surface area contributed by atoms with Crippen LogP contribution in [0.25, 0.3) is 0 Å². The van der Waals surface area contributed by atoms with E-state index in [4.69, 9.17) is 4.74 Å². The van der Waals surface area contributed by atoms with Gasteiger partial charge in [-0.05, 0) is 55.2 Å². The Balaban J connectivity index is 2.08. The average molecular weight is 566 g/mol. The average Bonchev–Trinajstić information content (AvgIpc) is 2.93. The van der Waals surface area contributed by atoms with Crippen molar-refractivity contribution in [3.05, 3.63) is 95.6 Å². The van der Waals surface area contributed by atoms with Crippen LogP contribution in [0.5, 0.6) is 5.75 Å². The van der Waals surface area contributed by atoms with Crippen LogP contribution in [0.15, 0.2) is 78.9 Å². The predicted molar refractivity (Wildman–Crippen MR) is 159 cm³/mol. The highest BCUT2D eigenvalue weighted by atomic mass is 32.2. The van der Waals surface area contributed by atoms with Gasteiger partial charge in [-0.1, -0.05) is 67.6 Å². The quantitative estimate of drug-likeness (QED) is 0.333. The number of anilines is 1. The number of hydrogen-bond acceptors (Lipinski definition) is 5. The first kappa shape index (κ1) is 30.7. The van der Waals surface area contributed by atoms with Gasteiger partial charge >= 0.3 is 0 Å². The second kappa shape index (κ2) is 14.0. The van der Waals surface area contributed by atoms with Crippen LogP contribution in [0.2, 0.25) is 0 Å². The molecule has 0 unspecified atom stereocenters. The van der Waals surface area contributed by atoms with Crippen molar-refractivity contribution in [1.82, 2.24) is 10.2 Å². The molecule has 3 rings (SSSR count). The van der Waals surface area contributed by atoms with Gasteiger partial charge in [0.1, 0.15) is 18.3 Å². The zero-order valence-corrected chi connectivity index (χ0v) is 24.6. The van der Waals surface area contributed by atoms with E-state index in [2.05, 4.69) is 5.32 Å². The van der Waals surface area contributed by atoms with E-state index in [1.54, 1.807) is 38.3 Å². The van der Waals surface area contributed by atoms with Gasteiger partial charge in [-0.3, -0.25) is 13.9 Å². The molecule has 0 heterocycles. The van der Waals surface area contributed by atoms with Crippen molar-refractivity contribution >= 4 is 27.5 Å². The van der Waals surface area contributed by atoms with E-state index in [1.165, 1.54) is 4.90 Å². The zero-order chi connectivity index (χ0) is 29.3. The topological polar surface area (TPSA) is 96.0 Å². The lowest BCUT2D eigenvalue weighted by molar-refractivity contribution is -0.140. The van der Waals surface area contributed by atoms with Crippen molar-refractivity contribution in [3.63, 3.8) is 0 Å². The summed E-state index contributed by atoms with van der Waals surface area (Å²) in [5, 5.41) is 3.03. The molecule has 0 spiro atoms. The number of aryl methyl sites for hydroxylation is 1. The normalized spacial score (nSPS) is 12.7. The fourth-order valence-electron chi connectivity index (χ4n) is 4.40. The lowest BCUT2D eigenvalue weighted by atomic mass is 10.0. The first-order valence-electron chi connectivity index (χ1n) is 13.3. The minimum atomic E-state index is -3.82. The third-order valence-electron chi connectivity index (χ3n) is 6.82. The molecule has 40 heavy (non-hydrogen) atoms. The van der Waals surface area contributed by atoms with Gasteiger partial charge in [-0.15, -0.1) is 0 Å². The molecule has 0 aromatic heterocycles. The number of sulfonamides is 1. The molecule has 1 N–H and O–H groups in total. The van der Waals surface area contributed by atoms with Gasteiger partial charge in [0.2, 0.25) is 21.8 Å². The number of nitrogens with zero attached hydrogens (tertiary/aromatic N) is 2. The lowest BCUT2D eigenvalue weighted by Crippen LogP contribution is -2.54. The van der Waals surface area contributed by atoms with Crippen molar-refractivity contribution in [2.75, 3.05) is 24.2 Å². The van der Waals surface area contributed by atoms with Crippen molar-refractivity contribution < 1.29 is 22.7 Å². The SMILES string of the molecule is CC[C@@H](C)NC(=O)[C@H](Cc1ccccc1)N(Cc1cccc(OC)c1)C(=O)CN(c1ccccc1C)S(C)(=O)=O. The number of hydrogen-bond donors (Lipinski definition) is 1. The van der Waals surface area contributed by atoms with Gasteiger partial charge in [0, 0.05) is 19.0 Å². The van der Waals surface area contributed by atoms with Gasteiger partial charge in [0.15, 0.2) is 0 Å². The van der Waals surface area contributed by atoms with Crippen molar-refractivity contribution in [3.8, 4) is 5.75 Å². The van der Waals surface area contributed by atoms with Crippen LogP contribution in [-0.2, 0) is 32.6 Å². The Bertz CT molecular complexity index is 1390. The van der Waals surface area contributed by atoms with Crippen LogP contribution in [0.3, 0.4) is 0 Å². The molecule has 8 nitrogen and oxygen atoms in total. The van der Waals surface area contributed by atoms with Gasteiger partial charge in [-0.25, -0.2) is 8.42 Å². The standard InChI is InChI=1S/C31H39N3O5S/c1-6-24(3)32-31(36)29(20-25-14-8-7-9-15-25)33(21-26-16-12-17-27(19-26)39-4)30(35)22-34(40(5,37)38)28-18-11-10-13-23(28)2/h7-19,24,29H,6,20-22H2,1-5H3,(H,32,36)/t24-,29+/m1/s1. The summed E-state index contributed by atoms with van der Waals surface area (Å²) < 4.78 is 32.3. The molecule has 2 atom stereocenters. The number of para-hydroxylation sites is 1. The molecule has 0 saturated carbocycles. The summed E-state index contributed by atoms with van der Waals surface area (Å²) >= 11 is 0. The van der Waals surface area contributed by atoms with E-state index in [1.807, 2.05) is 68.4 Å². The number of amides is 2. The second-order valence-corrected chi connectivity index (χ2v) is 11.9. The van der Waals surface area contributed by atoms with E-state index in [0.717, 1.165) is 33.7 Å². The molecule has 0 fully saturated rings. The van der Waals surface area contributed by atoms with Gasteiger partial charge < -0.3 is 15.0 Å². The van der Waals surface area contributed by atoms with Gasteiger partial charge in [0.05, 0.1) is 19.1 Å². The number of benzene rings is 3. The van der Waals surface area contributed by atoms with Crippen LogP contribution in [0.1, 0.15) is 37.0 Å². The molecular weight excluding hydrogens is 526 g/mol. The Kier molecular flexibility index (Phi) is 10.7. The van der Waals surface area contributed by atoms with Crippen molar-refractivity contribution in [2.45, 2.75) is 52.2 Å². The van der Waals surface area contributed by atoms with Crippen LogP contribution < -0.4 is 14.4 Å². The molecule has 0 bridgehead atoms. The summed E-state index contributed by atoms with van der Waals surface area (Å²) in [4.78, 5) is 29.3. The second-order valence-electron chi connectivity index (χ2n) is 9.95. The maximum atomic E-state index is 14.1. The summed E-state index contributed by atoms with van der Waals surface area (Å²) in [6.07, 6.45) is 2.07. The van der Waals surface area contributed by atoms with Crippen LogP contribution in [0.4, 0.5) is 5.69 Å². The highest BCUT2D eigenvalue weighted by Gasteiger charge is 2.33. The highest BCUT2D eigenvalue weighted by Crippen LogP contribution is 2.24. The summed E-state index contributed by atoms with van der Waals surface area (Å²) in [7, 11) is -2.25. The maximum absolute atomic E-state index is 14.1. The molecule has 3 aromatic rings. The zero-order valence-electron chi connectivity index (χ0n) is 23.8. The van der Waals surface area contributed by atoms with Crippen molar-refractivity contribution in [2.24, 2.45) is 0 Å². The fraction of sp³-hybridized carbons (Fsp3) is 0.355. The van der Waals surface area contributed by atoms with Gasteiger partial charge in [-0.2, -0.15) is 0 Å². The molecule has 0 saturated heterocycles. The van der Waals surface area contributed by atoms with Crippen LogP contribution in [-0.4, -0.2) is 57.1 Å². The predicted octanol–water partition coefficient (Wildman–Crippen LogP) is 4.32. The molecule has 3 aromatic carbocycles.